The minimum atomic E-state index is -0.682. The highest BCUT2D eigenvalue weighted by molar-refractivity contribution is 6.42. The largest absolute Gasteiger partial charge is 0.322 e. The van der Waals surface area contributed by atoms with E-state index in [1.807, 2.05) is 0 Å². The predicted octanol–water partition coefficient (Wildman–Crippen LogP) is 3.58. The van der Waals surface area contributed by atoms with Crippen LogP contribution in [0.4, 0.5) is 11.4 Å². The molecule has 3 aromatic rings. The van der Waals surface area contributed by atoms with Gasteiger partial charge >= 0.3 is 0 Å². The Labute approximate surface area is 200 Å². The zero-order chi connectivity index (χ0) is 23.9. The van der Waals surface area contributed by atoms with Crippen LogP contribution in [-0.4, -0.2) is 42.5 Å². The first kappa shape index (κ1) is 22.6. The Balaban J connectivity index is 1.44. The van der Waals surface area contributed by atoms with Crippen molar-refractivity contribution >= 4 is 63.9 Å². The second kappa shape index (κ2) is 8.77. The van der Waals surface area contributed by atoms with Crippen molar-refractivity contribution in [2.24, 2.45) is 0 Å². The zero-order valence-corrected chi connectivity index (χ0v) is 18.6. The molecular formula is C19H11Cl3N6O5. The van der Waals surface area contributed by atoms with E-state index in [4.69, 9.17) is 34.8 Å². The second-order valence-corrected chi connectivity index (χ2v) is 8.13. The smallest absolute Gasteiger partial charge is 0.270 e. The van der Waals surface area contributed by atoms with E-state index < -0.39 is 22.6 Å². The Kier molecular flexibility index (Phi) is 6.02. The van der Waals surface area contributed by atoms with Gasteiger partial charge in [0.1, 0.15) is 12.2 Å². The lowest BCUT2D eigenvalue weighted by Gasteiger charge is -2.11. The van der Waals surface area contributed by atoms with Gasteiger partial charge in [0.25, 0.3) is 17.5 Å². The van der Waals surface area contributed by atoms with Gasteiger partial charge in [0.2, 0.25) is 5.91 Å². The van der Waals surface area contributed by atoms with Gasteiger partial charge in [0, 0.05) is 17.2 Å². The lowest BCUT2D eigenvalue weighted by atomic mass is 10.1. The van der Waals surface area contributed by atoms with Crippen LogP contribution in [0.2, 0.25) is 15.1 Å². The van der Waals surface area contributed by atoms with E-state index in [0.29, 0.717) is 5.02 Å². The molecule has 168 valence electrons. The van der Waals surface area contributed by atoms with Gasteiger partial charge in [-0.3, -0.25) is 29.4 Å². The summed E-state index contributed by atoms with van der Waals surface area (Å²) in [4.78, 5) is 48.7. The number of non-ortho nitro benzene ring substituents is 1. The Morgan fingerprint density at radius 1 is 1.06 bits per heavy atom. The minimum Gasteiger partial charge on any atom is -0.322 e. The lowest BCUT2D eigenvalue weighted by Crippen LogP contribution is -2.29. The molecule has 4 rings (SSSR count). The van der Waals surface area contributed by atoms with Gasteiger partial charge in [-0.1, -0.05) is 40.0 Å². The van der Waals surface area contributed by atoms with Crippen LogP contribution in [0, 0.1) is 10.1 Å². The number of carbonyl (C=O) groups is 3. The van der Waals surface area contributed by atoms with Crippen molar-refractivity contribution in [1.29, 1.82) is 0 Å². The van der Waals surface area contributed by atoms with Crippen molar-refractivity contribution in [2.45, 2.75) is 13.1 Å². The molecule has 0 fully saturated rings. The topological polar surface area (TPSA) is 140 Å². The number of rotatable bonds is 6. The molecule has 0 saturated heterocycles. The third kappa shape index (κ3) is 4.51. The summed E-state index contributed by atoms with van der Waals surface area (Å²) in [5.74, 6) is -1.80. The van der Waals surface area contributed by atoms with Crippen LogP contribution in [0.1, 0.15) is 26.4 Å². The monoisotopic (exact) mass is 508 g/mol. The number of carbonyl (C=O) groups excluding carboxylic acids is 3. The maximum atomic E-state index is 12.6. The molecule has 2 heterocycles. The molecule has 1 N–H and O–H groups in total. The molecule has 14 heteroatoms. The van der Waals surface area contributed by atoms with E-state index in [9.17, 15) is 24.5 Å². The van der Waals surface area contributed by atoms with E-state index in [-0.39, 0.29) is 51.3 Å². The number of halogens is 3. The molecule has 0 aliphatic carbocycles. The van der Waals surface area contributed by atoms with E-state index in [2.05, 4.69) is 15.6 Å². The van der Waals surface area contributed by atoms with Gasteiger partial charge in [0.05, 0.1) is 44.5 Å². The first-order valence-electron chi connectivity index (χ1n) is 9.12. The lowest BCUT2D eigenvalue weighted by molar-refractivity contribution is -0.384. The number of fused-ring (bicyclic) bond motifs is 1. The summed E-state index contributed by atoms with van der Waals surface area (Å²) in [7, 11) is 0. The number of benzene rings is 2. The standard InChI is InChI=1S/C19H11Cl3N6O5/c20-9-3-14(21)17(15(22)4-9)23-16(29)8-26-6-10(24-25-26)7-27-18(30)12-2-1-11(28(32)33)5-13(12)19(27)31/h1-6H,7-8H2,(H,23,29). The number of aromatic nitrogens is 3. The van der Waals surface area contributed by atoms with Crippen LogP contribution in [0.25, 0.3) is 0 Å². The molecule has 0 radical (unpaired) electrons. The van der Waals surface area contributed by atoms with Crippen LogP contribution < -0.4 is 5.32 Å². The third-order valence-electron chi connectivity index (χ3n) is 4.65. The van der Waals surface area contributed by atoms with Gasteiger partial charge < -0.3 is 5.32 Å². The molecule has 33 heavy (non-hydrogen) atoms. The summed E-state index contributed by atoms with van der Waals surface area (Å²) < 4.78 is 1.20. The highest BCUT2D eigenvalue weighted by atomic mass is 35.5. The quantitative estimate of drug-likeness (QED) is 0.304. The van der Waals surface area contributed by atoms with E-state index >= 15 is 0 Å². The number of hydrogen-bond donors (Lipinski definition) is 1. The molecule has 0 spiro atoms. The van der Waals surface area contributed by atoms with Gasteiger partial charge in [0.15, 0.2) is 0 Å². The second-order valence-electron chi connectivity index (χ2n) is 6.88. The van der Waals surface area contributed by atoms with E-state index in [1.165, 1.54) is 29.1 Å². The number of nitrogens with one attached hydrogen (secondary N) is 1. The summed E-state index contributed by atoms with van der Waals surface area (Å²) in [5, 5.41) is 21.8. The number of nitro groups is 1. The first-order valence-corrected chi connectivity index (χ1v) is 10.3. The van der Waals surface area contributed by atoms with Crippen LogP contribution >= 0.6 is 34.8 Å². The molecule has 0 atom stereocenters. The number of imide groups is 1. The fraction of sp³-hybridized carbons (Fsp3) is 0.105. The molecule has 11 nitrogen and oxygen atoms in total. The van der Waals surface area contributed by atoms with Crippen LogP contribution in [0.15, 0.2) is 36.5 Å². The number of nitro benzene ring substituents is 1. The summed E-state index contributed by atoms with van der Waals surface area (Å²) in [6, 6.07) is 6.30. The van der Waals surface area contributed by atoms with Gasteiger partial charge in [-0.2, -0.15) is 0 Å². The van der Waals surface area contributed by atoms with Crippen LogP contribution in [0.5, 0.6) is 0 Å². The Morgan fingerprint density at radius 2 is 1.73 bits per heavy atom. The fourth-order valence-corrected chi connectivity index (χ4v) is 4.09. The highest BCUT2D eigenvalue weighted by Crippen LogP contribution is 2.33. The average molecular weight is 510 g/mol. The maximum absolute atomic E-state index is 12.6. The molecular weight excluding hydrogens is 499 g/mol. The Morgan fingerprint density at radius 3 is 2.39 bits per heavy atom. The Hall–Kier alpha value is -3.54. The van der Waals surface area contributed by atoms with E-state index in [0.717, 1.165) is 17.0 Å². The molecule has 1 aromatic heterocycles. The number of anilines is 1. The summed E-state index contributed by atoms with van der Waals surface area (Å²) in [5.41, 5.74) is 0.129. The molecule has 3 amide bonds. The first-order chi connectivity index (χ1) is 15.6. The van der Waals surface area contributed by atoms with Crippen molar-refractivity contribution in [2.75, 3.05) is 5.32 Å². The normalized spacial score (nSPS) is 12.8. The summed E-state index contributed by atoms with van der Waals surface area (Å²) in [6.45, 7) is -0.479. The third-order valence-corrected chi connectivity index (χ3v) is 5.46. The maximum Gasteiger partial charge on any atom is 0.270 e. The van der Waals surface area contributed by atoms with Gasteiger partial charge in [-0.15, -0.1) is 5.10 Å². The predicted molar refractivity (Wildman–Crippen MR) is 117 cm³/mol. The van der Waals surface area contributed by atoms with Gasteiger partial charge in [-0.05, 0) is 18.2 Å². The number of nitrogens with zero attached hydrogens (tertiary/aromatic N) is 5. The van der Waals surface area contributed by atoms with Crippen molar-refractivity contribution in [1.82, 2.24) is 19.9 Å². The number of amides is 3. The molecule has 0 saturated carbocycles. The van der Waals surface area contributed by atoms with Crippen molar-refractivity contribution < 1.29 is 19.3 Å². The molecule has 0 unspecified atom stereocenters. The van der Waals surface area contributed by atoms with Crippen molar-refractivity contribution in [3.8, 4) is 0 Å². The molecule has 0 bridgehead atoms. The van der Waals surface area contributed by atoms with Crippen LogP contribution in [-0.2, 0) is 17.9 Å². The number of hydrogen-bond acceptors (Lipinski definition) is 7. The van der Waals surface area contributed by atoms with Gasteiger partial charge in [-0.25, -0.2) is 4.68 Å². The fourth-order valence-electron chi connectivity index (χ4n) is 3.17. The van der Waals surface area contributed by atoms with Crippen molar-refractivity contribution in [3.05, 3.63) is 78.5 Å². The average Bonchev–Trinajstić information content (AvgIpc) is 3.28. The molecule has 1 aliphatic heterocycles. The Bertz CT molecular complexity index is 1320. The highest BCUT2D eigenvalue weighted by Gasteiger charge is 2.37. The minimum absolute atomic E-state index is 0.0577. The van der Waals surface area contributed by atoms with Crippen molar-refractivity contribution in [3.63, 3.8) is 0 Å². The molecule has 1 aliphatic rings. The SMILES string of the molecule is O=C(Cn1cc(CN2C(=O)c3ccc([N+](=O)[O-])cc3C2=O)nn1)Nc1c(Cl)cc(Cl)cc1Cl. The zero-order valence-electron chi connectivity index (χ0n) is 16.3. The summed E-state index contributed by atoms with van der Waals surface area (Å²) in [6.07, 6.45) is 1.39. The summed E-state index contributed by atoms with van der Waals surface area (Å²) >= 11 is 17.9. The molecule has 2 aromatic carbocycles. The van der Waals surface area contributed by atoms with E-state index in [1.54, 1.807) is 0 Å². The van der Waals surface area contributed by atoms with Crippen LogP contribution in [0.3, 0.4) is 0 Å².